The fraction of sp³-hybridized carbons (Fsp3) is 0.280. The molecule has 1 heterocycles. The Labute approximate surface area is 187 Å². The van der Waals surface area contributed by atoms with Gasteiger partial charge in [0.1, 0.15) is 11.6 Å². The van der Waals surface area contributed by atoms with Crippen LogP contribution in [0.4, 0.5) is 28.8 Å². The predicted molar refractivity (Wildman–Crippen MR) is 127 cm³/mol. The van der Waals surface area contributed by atoms with E-state index in [9.17, 15) is 9.59 Å². The lowest BCUT2D eigenvalue weighted by atomic mass is 9.88. The molecule has 3 aromatic rings. The number of nitrogens with one attached hydrogen (secondary N) is 3. The Morgan fingerprint density at radius 1 is 0.844 bits per heavy atom. The molecule has 0 saturated heterocycles. The van der Waals surface area contributed by atoms with Crippen LogP contribution in [0.1, 0.15) is 36.9 Å². The zero-order chi connectivity index (χ0) is 22.5. The van der Waals surface area contributed by atoms with Crippen molar-refractivity contribution >= 4 is 40.5 Å². The summed E-state index contributed by atoms with van der Waals surface area (Å²) in [6.45, 7) is 3.97. The molecule has 1 aliphatic carbocycles. The minimum atomic E-state index is -0.0889. The van der Waals surface area contributed by atoms with Crippen LogP contribution in [0.15, 0.2) is 54.6 Å². The van der Waals surface area contributed by atoms with Crippen LogP contribution < -0.4 is 16.0 Å². The second kappa shape index (κ2) is 9.60. The van der Waals surface area contributed by atoms with Crippen molar-refractivity contribution < 1.29 is 9.59 Å². The van der Waals surface area contributed by atoms with E-state index in [1.54, 1.807) is 0 Å². The van der Waals surface area contributed by atoms with Crippen LogP contribution in [-0.4, -0.2) is 21.7 Å². The van der Waals surface area contributed by atoms with Gasteiger partial charge < -0.3 is 16.0 Å². The monoisotopic (exact) mass is 429 g/mol. The third kappa shape index (κ3) is 5.69. The predicted octanol–water partition coefficient (Wildman–Crippen LogP) is 5.28. The van der Waals surface area contributed by atoms with Gasteiger partial charge in [0.15, 0.2) is 0 Å². The second-order valence-corrected chi connectivity index (χ2v) is 8.21. The summed E-state index contributed by atoms with van der Waals surface area (Å²) < 4.78 is 0. The van der Waals surface area contributed by atoms with E-state index in [1.165, 1.54) is 5.56 Å². The fourth-order valence-corrected chi connectivity index (χ4v) is 3.69. The molecule has 0 spiro atoms. The van der Waals surface area contributed by atoms with Crippen molar-refractivity contribution in [2.75, 3.05) is 16.0 Å². The van der Waals surface area contributed by atoms with Gasteiger partial charge in [-0.25, -0.2) is 4.98 Å². The van der Waals surface area contributed by atoms with Crippen molar-refractivity contribution in [3.05, 3.63) is 65.9 Å². The minimum Gasteiger partial charge on any atom is -0.340 e. The van der Waals surface area contributed by atoms with Gasteiger partial charge in [0, 0.05) is 47.6 Å². The van der Waals surface area contributed by atoms with Crippen LogP contribution in [0.3, 0.4) is 0 Å². The molecule has 2 aromatic carbocycles. The van der Waals surface area contributed by atoms with E-state index in [-0.39, 0.29) is 17.6 Å². The van der Waals surface area contributed by atoms with Crippen LogP contribution >= 0.6 is 0 Å². The highest BCUT2D eigenvalue weighted by Gasteiger charge is 2.24. The van der Waals surface area contributed by atoms with Crippen LogP contribution in [0, 0.1) is 19.8 Å². The third-order valence-corrected chi connectivity index (χ3v) is 5.50. The number of aryl methyl sites for hydroxylation is 2. The summed E-state index contributed by atoms with van der Waals surface area (Å²) in [7, 11) is 0. The lowest BCUT2D eigenvalue weighted by Crippen LogP contribution is -2.27. The number of Topliss-reactive ketones (excluding diaryl/α,β-unsaturated/α-hetero) is 1. The molecule has 7 nitrogen and oxygen atoms in total. The van der Waals surface area contributed by atoms with Gasteiger partial charge in [0.05, 0.1) is 0 Å². The first-order chi connectivity index (χ1) is 15.4. The van der Waals surface area contributed by atoms with Crippen LogP contribution in [0.2, 0.25) is 0 Å². The largest absolute Gasteiger partial charge is 0.340 e. The maximum Gasteiger partial charge on any atom is 0.229 e. The molecular weight excluding hydrogens is 402 g/mol. The number of benzene rings is 2. The number of anilines is 5. The quantitative estimate of drug-likeness (QED) is 0.493. The lowest BCUT2D eigenvalue weighted by Gasteiger charge is -2.20. The van der Waals surface area contributed by atoms with Gasteiger partial charge in [-0.3, -0.25) is 9.59 Å². The van der Waals surface area contributed by atoms with Crippen molar-refractivity contribution in [2.24, 2.45) is 5.92 Å². The molecule has 1 saturated carbocycles. The van der Waals surface area contributed by atoms with Crippen LogP contribution in [0.25, 0.3) is 0 Å². The summed E-state index contributed by atoms with van der Waals surface area (Å²) in [6.07, 6.45) is 2.27. The van der Waals surface area contributed by atoms with Gasteiger partial charge >= 0.3 is 0 Å². The van der Waals surface area contributed by atoms with Gasteiger partial charge in [-0.2, -0.15) is 4.98 Å². The van der Waals surface area contributed by atoms with Crippen molar-refractivity contribution in [1.82, 2.24) is 9.97 Å². The summed E-state index contributed by atoms with van der Waals surface area (Å²) in [5.41, 5.74) is 4.54. The number of carbonyl (C=O) groups is 2. The first-order valence-electron chi connectivity index (χ1n) is 10.8. The molecule has 164 valence electrons. The van der Waals surface area contributed by atoms with E-state index in [0.29, 0.717) is 37.4 Å². The summed E-state index contributed by atoms with van der Waals surface area (Å²) in [5, 5.41) is 9.47. The highest BCUT2D eigenvalue weighted by atomic mass is 16.2. The molecule has 0 atom stereocenters. The van der Waals surface area contributed by atoms with Gasteiger partial charge in [-0.15, -0.1) is 0 Å². The smallest absolute Gasteiger partial charge is 0.229 e. The first kappa shape index (κ1) is 21.5. The lowest BCUT2D eigenvalue weighted by molar-refractivity contribution is -0.125. The number of ketones is 1. The number of hydrogen-bond acceptors (Lipinski definition) is 6. The fourth-order valence-electron chi connectivity index (χ4n) is 3.69. The van der Waals surface area contributed by atoms with Crippen molar-refractivity contribution in [2.45, 2.75) is 39.5 Å². The van der Waals surface area contributed by atoms with Crippen LogP contribution in [-0.2, 0) is 9.59 Å². The maximum atomic E-state index is 12.4. The maximum absolute atomic E-state index is 12.4. The molecule has 0 radical (unpaired) electrons. The van der Waals surface area contributed by atoms with Crippen LogP contribution in [0.5, 0.6) is 0 Å². The molecule has 1 fully saturated rings. The number of nitrogens with zero attached hydrogens (tertiary/aromatic N) is 2. The Kier molecular flexibility index (Phi) is 6.44. The summed E-state index contributed by atoms with van der Waals surface area (Å²) in [4.78, 5) is 32.8. The topological polar surface area (TPSA) is 96.0 Å². The molecule has 0 aliphatic heterocycles. The first-order valence-corrected chi connectivity index (χ1v) is 10.8. The van der Waals surface area contributed by atoms with E-state index in [2.05, 4.69) is 25.9 Å². The Morgan fingerprint density at radius 3 is 2.12 bits per heavy atom. The molecule has 0 bridgehead atoms. The average molecular weight is 430 g/mol. The molecule has 32 heavy (non-hydrogen) atoms. The molecule has 4 rings (SSSR count). The molecular formula is C25H27N5O2. The van der Waals surface area contributed by atoms with Crippen molar-refractivity contribution in [1.29, 1.82) is 0 Å². The Hall–Kier alpha value is -3.74. The van der Waals surface area contributed by atoms with E-state index < -0.39 is 0 Å². The van der Waals surface area contributed by atoms with Gasteiger partial charge in [-0.1, -0.05) is 17.7 Å². The Bertz CT molecular complexity index is 1100. The Balaban J connectivity index is 1.38. The summed E-state index contributed by atoms with van der Waals surface area (Å²) >= 11 is 0. The zero-order valence-electron chi connectivity index (χ0n) is 18.3. The summed E-state index contributed by atoms with van der Waals surface area (Å²) in [5.74, 6) is 1.34. The van der Waals surface area contributed by atoms with E-state index in [0.717, 1.165) is 22.8 Å². The third-order valence-electron chi connectivity index (χ3n) is 5.50. The second-order valence-electron chi connectivity index (χ2n) is 8.21. The molecule has 1 aromatic heterocycles. The van der Waals surface area contributed by atoms with Crippen molar-refractivity contribution in [3.63, 3.8) is 0 Å². The average Bonchev–Trinajstić information content (AvgIpc) is 2.77. The van der Waals surface area contributed by atoms with E-state index in [1.807, 2.05) is 68.4 Å². The SMILES string of the molecule is Cc1ccc(Nc2nc(C)cc(Nc3ccc(NC(=O)C4CCC(=O)CC4)cc3)n2)cc1. The molecule has 1 amide bonds. The van der Waals surface area contributed by atoms with Gasteiger partial charge in [-0.05, 0) is 63.1 Å². The summed E-state index contributed by atoms with van der Waals surface area (Å²) in [6, 6.07) is 17.4. The number of hydrogen-bond donors (Lipinski definition) is 3. The molecule has 1 aliphatic rings. The van der Waals surface area contributed by atoms with Gasteiger partial charge in [0.2, 0.25) is 11.9 Å². The van der Waals surface area contributed by atoms with E-state index in [4.69, 9.17) is 0 Å². The number of rotatable bonds is 6. The number of carbonyl (C=O) groups excluding carboxylic acids is 2. The highest BCUT2D eigenvalue weighted by molar-refractivity contribution is 5.94. The van der Waals surface area contributed by atoms with E-state index >= 15 is 0 Å². The zero-order valence-corrected chi connectivity index (χ0v) is 18.3. The normalized spacial score (nSPS) is 14.1. The molecule has 3 N–H and O–H groups in total. The van der Waals surface area contributed by atoms with Crippen molar-refractivity contribution in [3.8, 4) is 0 Å². The highest BCUT2D eigenvalue weighted by Crippen LogP contribution is 2.24. The Morgan fingerprint density at radius 2 is 1.44 bits per heavy atom. The molecule has 7 heteroatoms. The number of amides is 1. The standard InChI is InChI=1S/C25H27N5O2/c1-16-3-7-21(8-4-16)29-25-26-17(2)15-23(30-25)27-19-9-11-20(12-10-19)28-24(32)18-5-13-22(31)14-6-18/h3-4,7-12,15,18H,5-6,13-14H2,1-2H3,(H,28,32)(H2,26,27,29,30). The number of aromatic nitrogens is 2. The van der Waals surface area contributed by atoms with Gasteiger partial charge in [0.25, 0.3) is 0 Å². The molecule has 0 unspecified atom stereocenters. The minimum absolute atomic E-state index is 0.0172.